The van der Waals surface area contributed by atoms with Gasteiger partial charge in [0, 0.05) is 17.9 Å². The van der Waals surface area contributed by atoms with E-state index in [2.05, 4.69) is 0 Å². The van der Waals surface area contributed by atoms with Gasteiger partial charge in [0.2, 0.25) is 0 Å². The van der Waals surface area contributed by atoms with Gasteiger partial charge in [0.25, 0.3) is 0 Å². The predicted molar refractivity (Wildman–Crippen MR) is 100 cm³/mol. The Labute approximate surface area is 153 Å². The van der Waals surface area contributed by atoms with Crippen molar-refractivity contribution < 1.29 is 9.53 Å². The van der Waals surface area contributed by atoms with E-state index < -0.39 is 17.7 Å². The molecule has 1 aliphatic heterocycles. The second kappa shape index (κ2) is 7.87. The van der Waals surface area contributed by atoms with Gasteiger partial charge < -0.3 is 25.4 Å². The summed E-state index contributed by atoms with van der Waals surface area (Å²) in [6.07, 6.45) is 2.03. The first-order valence-corrected chi connectivity index (χ1v) is 8.66. The number of amidine groups is 1. The molecule has 0 spiro atoms. The molecular formula is C18H24ClN4O2-. The minimum Gasteiger partial charge on any atom is -0.467 e. The van der Waals surface area contributed by atoms with Gasteiger partial charge in [-0.3, -0.25) is 0 Å². The molecule has 1 amide bonds. The van der Waals surface area contributed by atoms with Gasteiger partial charge in [-0.05, 0) is 57.9 Å². The van der Waals surface area contributed by atoms with Gasteiger partial charge in [-0.25, -0.2) is 4.79 Å². The van der Waals surface area contributed by atoms with Crippen molar-refractivity contribution in [3.8, 4) is 0 Å². The number of benzene rings is 1. The molecule has 2 rings (SSSR count). The lowest BCUT2D eigenvalue weighted by Crippen LogP contribution is -2.48. The third-order valence-corrected chi connectivity index (χ3v) is 4.15. The molecule has 1 heterocycles. The van der Waals surface area contributed by atoms with Crippen LogP contribution in [0.2, 0.25) is 5.02 Å². The quantitative estimate of drug-likeness (QED) is 0.645. The molecule has 25 heavy (non-hydrogen) atoms. The van der Waals surface area contributed by atoms with E-state index in [0.29, 0.717) is 24.5 Å². The predicted octanol–water partition coefficient (Wildman–Crippen LogP) is 4.12. The summed E-state index contributed by atoms with van der Waals surface area (Å²) >= 11 is 5.88. The molecule has 0 radical (unpaired) electrons. The van der Waals surface area contributed by atoms with Crippen LogP contribution in [-0.2, 0) is 11.3 Å². The first-order valence-electron chi connectivity index (χ1n) is 8.28. The van der Waals surface area contributed by atoms with Crippen LogP contribution in [0.4, 0.5) is 4.79 Å². The third-order valence-electron chi connectivity index (χ3n) is 3.90. The van der Waals surface area contributed by atoms with Crippen molar-refractivity contribution in [2.45, 2.75) is 51.8 Å². The van der Waals surface area contributed by atoms with Crippen LogP contribution in [-0.4, -0.2) is 46.3 Å². The SMILES string of the molecule is CC(C)(C)OC(=O)N1CCC[C@@H]1C(=[N-])N(C=N)Cc1ccc(Cl)cc1. The molecule has 1 aliphatic rings. The van der Waals surface area contributed by atoms with E-state index in [-0.39, 0.29) is 5.84 Å². The fourth-order valence-electron chi connectivity index (χ4n) is 2.74. The molecule has 0 aromatic heterocycles. The van der Waals surface area contributed by atoms with Gasteiger partial charge >= 0.3 is 6.09 Å². The Bertz CT molecular complexity index is 639. The molecule has 1 aromatic rings. The van der Waals surface area contributed by atoms with Gasteiger partial charge in [-0.15, -0.1) is 0 Å². The summed E-state index contributed by atoms with van der Waals surface area (Å²) in [6, 6.07) is 6.72. The maximum absolute atomic E-state index is 12.4. The highest BCUT2D eigenvalue weighted by molar-refractivity contribution is 6.30. The zero-order chi connectivity index (χ0) is 18.6. The number of nitrogens with zero attached hydrogens (tertiary/aromatic N) is 3. The number of hydrogen-bond acceptors (Lipinski definition) is 3. The largest absolute Gasteiger partial charge is 0.467 e. The molecule has 0 saturated carbocycles. The molecule has 1 N–H and O–H groups in total. The van der Waals surface area contributed by atoms with Crippen LogP contribution in [0.25, 0.3) is 5.41 Å². The Kier molecular flexibility index (Phi) is 6.06. The first-order chi connectivity index (χ1) is 11.7. The van der Waals surface area contributed by atoms with E-state index in [9.17, 15) is 10.2 Å². The lowest BCUT2D eigenvalue weighted by Gasteiger charge is -2.38. The average molecular weight is 364 g/mol. The van der Waals surface area contributed by atoms with Crippen molar-refractivity contribution in [3.63, 3.8) is 0 Å². The van der Waals surface area contributed by atoms with E-state index in [1.54, 1.807) is 12.1 Å². The Morgan fingerprint density at radius 1 is 1.44 bits per heavy atom. The van der Waals surface area contributed by atoms with Crippen LogP contribution in [0.15, 0.2) is 24.3 Å². The smallest absolute Gasteiger partial charge is 0.410 e. The summed E-state index contributed by atoms with van der Waals surface area (Å²) in [6.45, 7) is 6.28. The molecule has 1 atom stereocenters. The van der Waals surface area contributed by atoms with Crippen molar-refractivity contribution in [2.24, 2.45) is 0 Å². The Morgan fingerprint density at radius 3 is 2.64 bits per heavy atom. The molecular weight excluding hydrogens is 340 g/mol. The van der Waals surface area contributed by atoms with Crippen molar-refractivity contribution >= 4 is 29.9 Å². The number of carbonyl (C=O) groups excluding carboxylic acids is 1. The number of hydrogen-bond donors (Lipinski definition) is 1. The van der Waals surface area contributed by atoms with Crippen molar-refractivity contribution in [1.82, 2.24) is 9.80 Å². The summed E-state index contributed by atoms with van der Waals surface area (Å²) in [5, 5.41) is 18.9. The molecule has 136 valence electrons. The first kappa shape index (κ1) is 19.2. The highest BCUT2D eigenvalue weighted by Gasteiger charge is 2.33. The Balaban J connectivity index is 2.08. The van der Waals surface area contributed by atoms with E-state index in [4.69, 9.17) is 21.7 Å². The normalized spacial score (nSPS) is 17.3. The van der Waals surface area contributed by atoms with Crippen LogP contribution in [0.5, 0.6) is 0 Å². The van der Waals surface area contributed by atoms with E-state index in [1.807, 2.05) is 32.9 Å². The zero-order valence-electron chi connectivity index (χ0n) is 14.8. The van der Waals surface area contributed by atoms with Crippen LogP contribution in [0.3, 0.4) is 0 Å². The van der Waals surface area contributed by atoms with E-state index in [0.717, 1.165) is 18.3 Å². The maximum Gasteiger partial charge on any atom is 0.410 e. The molecule has 0 bridgehead atoms. The van der Waals surface area contributed by atoms with Crippen molar-refractivity contribution in [3.05, 3.63) is 40.3 Å². The molecule has 1 saturated heterocycles. The standard InChI is InChI=1S/C18H24ClN4O2/c1-18(2,3)25-17(24)23-10-4-5-15(23)16(21)22(12-20)11-13-6-8-14(19)9-7-13/h6-9,12,15,20H,4-5,10-11H2,1-3H3/q-1/t15-/m1/s1. The summed E-state index contributed by atoms with van der Waals surface area (Å²) in [7, 11) is 0. The topological polar surface area (TPSA) is 78.9 Å². The Morgan fingerprint density at radius 2 is 2.08 bits per heavy atom. The van der Waals surface area contributed by atoms with Gasteiger partial charge in [0.1, 0.15) is 5.60 Å². The molecule has 1 fully saturated rings. The number of carbonyl (C=O) groups is 1. The van der Waals surface area contributed by atoms with Gasteiger partial charge in [0.05, 0.1) is 6.04 Å². The highest BCUT2D eigenvalue weighted by atomic mass is 35.5. The third kappa shape index (κ3) is 5.19. The lowest BCUT2D eigenvalue weighted by molar-refractivity contribution is 0.0262. The number of amides is 1. The number of ether oxygens (including phenoxy) is 1. The van der Waals surface area contributed by atoms with Crippen molar-refractivity contribution in [1.29, 1.82) is 5.41 Å². The summed E-state index contributed by atoms with van der Waals surface area (Å²) in [5.41, 5.74) is 0.311. The van der Waals surface area contributed by atoms with E-state index in [1.165, 1.54) is 9.80 Å². The molecule has 0 unspecified atom stereocenters. The summed E-state index contributed by atoms with van der Waals surface area (Å²) in [4.78, 5) is 15.3. The molecule has 0 aliphatic carbocycles. The highest BCUT2D eigenvalue weighted by Crippen LogP contribution is 2.23. The monoisotopic (exact) mass is 363 g/mol. The minimum absolute atomic E-state index is 0.0201. The number of rotatable bonds is 4. The van der Waals surface area contributed by atoms with Crippen LogP contribution < -0.4 is 0 Å². The fraction of sp³-hybridized carbons (Fsp3) is 0.500. The van der Waals surface area contributed by atoms with E-state index >= 15 is 0 Å². The fourth-order valence-corrected chi connectivity index (χ4v) is 2.87. The minimum atomic E-state index is -0.593. The average Bonchev–Trinajstić information content (AvgIpc) is 3.02. The van der Waals surface area contributed by atoms with Crippen LogP contribution in [0.1, 0.15) is 39.2 Å². The number of halogens is 1. The zero-order valence-corrected chi connectivity index (χ0v) is 15.6. The van der Waals surface area contributed by atoms with Crippen LogP contribution >= 0.6 is 11.6 Å². The second-order valence-corrected chi connectivity index (χ2v) is 7.51. The number of likely N-dealkylation sites (tertiary alicyclic amines) is 1. The van der Waals surface area contributed by atoms with Gasteiger partial charge in [-0.1, -0.05) is 29.6 Å². The van der Waals surface area contributed by atoms with Crippen LogP contribution in [0, 0.1) is 5.41 Å². The lowest BCUT2D eigenvalue weighted by atomic mass is 10.1. The second-order valence-electron chi connectivity index (χ2n) is 7.07. The van der Waals surface area contributed by atoms with Crippen molar-refractivity contribution in [2.75, 3.05) is 6.54 Å². The Hall–Kier alpha value is -2.08. The summed E-state index contributed by atoms with van der Waals surface area (Å²) in [5.74, 6) is -0.0201. The summed E-state index contributed by atoms with van der Waals surface area (Å²) < 4.78 is 5.42. The molecule has 1 aromatic carbocycles. The number of nitrogens with one attached hydrogen (secondary N) is 1. The molecule has 7 heteroatoms. The van der Waals surface area contributed by atoms with Gasteiger partial charge in [-0.2, -0.15) is 0 Å². The van der Waals surface area contributed by atoms with Gasteiger partial charge in [0.15, 0.2) is 0 Å². The molecule has 6 nitrogen and oxygen atoms in total. The maximum atomic E-state index is 12.4.